The first kappa shape index (κ1) is 19.2. The number of ether oxygens (including phenoxy) is 3. The van der Waals surface area contributed by atoms with E-state index in [0.29, 0.717) is 18.4 Å². The summed E-state index contributed by atoms with van der Waals surface area (Å²) in [6.45, 7) is 1.91. The molecule has 0 aromatic heterocycles. The molecule has 144 valence electrons. The number of hydrogen-bond acceptors (Lipinski definition) is 6. The van der Waals surface area contributed by atoms with Crippen molar-refractivity contribution in [3.8, 4) is 0 Å². The van der Waals surface area contributed by atoms with Crippen LogP contribution in [0.4, 0.5) is 0 Å². The van der Waals surface area contributed by atoms with Crippen molar-refractivity contribution in [1.82, 2.24) is 0 Å². The van der Waals surface area contributed by atoms with Crippen LogP contribution in [0.3, 0.4) is 0 Å². The number of esters is 2. The molecule has 1 aromatic rings. The third kappa shape index (κ3) is 4.22. The molecule has 6 nitrogen and oxygen atoms in total. The third-order valence-electron chi connectivity index (χ3n) is 5.13. The van der Waals surface area contributed by atoms with E-state index in [0.717, 1.165) is 11.1 Å². The van der Waals surface area contributed by atoms with Gasteiger partial charge in [-0.05, 0) is 24.0 Å². The van der Waals surface area contributed by atoms with Gasteiger partial charge in [0.15, 0.2) is 0 Å². The van der Waals surface area contributed by atoms with E-state index in [9.17, 15) is 14.7 Å². The molecule has 1 aliphatic carbocycles. The molecular formula is C21H24O6. The fourth-order valence-corrected chi connectivity index (χ4v) is 3.66. The van der Waals surface area contributed by atoms with Gasteiger partial charge in [-0.2, -0.15) is 0 Å². The van der Waals surface area contributed by atoms with Crippen LogP contribution in [0.5, 0.6) is 0 Å². The first-order chi connectivity index (χ1) is 13.0. The monoisotopic (exact) mass is 372 g/mol. The Kier molecular flexibility index (Phi) is 5.96. The van der Waals surface area contributed by atoms with Gasteiger partial charge >= 0.3 is 11.9 Å². The molecule has 1 aromatic carbocycles. The zero-order valence-electron chi connectivity index (χ0n) is 15.5. The summed E-state index contributed by atoms with van der Waals surface area (Å²) in [7, 11) is 1.31. The first-order valence-electron chi connectivity index (χ1n) is 9.02. The molecule has 0 fully saturated rings. The maximum Gasteiger partial charge on any atom is 0.337 e. The summed E-state index contributed by atoms with van der Waals surface area (Å²) in [5, 5.41) is 10.2. The standard InChI is InChI=1S/C21H24O6/c1-13(10-14-6-4-3-5-7-14)19(22)26-11-15-8-9-16-17(20(23)25-2)12-27-21(24)18(15)16/h3-8,12-13,16,18,21,24H,9-11H2,1-2H3/t13-,16+,18+,21+/m0/s1. The molecule has 1 heterocycles. The lowest BCUT2D eigenvalue weighted by Crippen LogP contribution is -2.36. The van der Waals surface area contributed by atoms with Crippen molar-refractivity contribution in [1.29, 1.82) is 0 Å². The average molecular weight is 372 g/mol. The Morgan fingerprint density at radius 2 is 2.04 bits per heavy atom. The summed E-state index contributed by atoms with van der Waals surface area (Å²) < 4.78 is 15.4. The van der Waals surface area contributed by atoms with Gasteiger partial charge in [-0.3, -0.25) is 4.79 Å². The van der Waals surface area contributed by atoms with Gasteiger partial charge in [0.05, 0.1) is 30.8 Å². The summed E-state index contributed by atoms with van der Waals surface area (Å²) in [6, 6.07) is 9.76. The van der Waals surface area contributed by atoms with Gasteiger partial charge in [0.2, 0.25) is 6.29 Å². The molecular weight excluding hydrogens is 348 g/mol. The van der Waals surface area contributed by atoms with Crippen LogP contribution in [-0.4, -0.2) is 37.1 Å². The highest BCUT2D eigenvalue weighted by molar-refractivity contribution is 5.89. The van der Waals surface area contributed by atoms with E-state index in [1.54, 1.807) is 0 Å². The van der Waals surface area contributed by atoms with E-state index in [1.165, 1.54) is 13.4 Å². The largest absolute Gasteiger partial charge is 0.472 e. The Bertz CT molecular complexity index is 751. The van der Waals surface area contributed by atoms with E-state index < -0.39 is 18.2 Å². The lowest BCUT2D eigenvalue weighted by molar-refractivity contribution is -0.149. The molecule has 6 heteroatoms. The van der Waals surface area contributed by atoms with Crippen LogP contribution in [0.2, 0.25) is 0 Å². The number of hydrogen-bond donors (Lipinski definition) is 1. The Morgan fingerprint density at radius 1 is 1.30 bits per heavy atom. The van der Waals surface area contributed by atoms with Crippen molar-refractivity contribution in [2.24, 2.45) is 17.8 Å². The van der Waals surface area contributed by atoms with Gasteiger partial charge in [-0.1, -0.05) is 43.3 Å². The normalized spacial score (nSPS) is 24.8. The number of aliphatic hydroxyl groups is 1. The van der Waals surface area contributed by atoms with Crippen LogP contribution in [-0.2, 0) is 30.2 Å². The molecule has 4 atom stereocenters. The van der Waals surface area contributed by atoms with Crippen LogP contribution in [0.1, 0.15) is 18.9 Å². The number of methoxy groups -OCH3 is 1. The average Bonchev–Trinajstić information content (AvgIpc) is 3.11. The highest BCUT2D eigenvalue weighted by Crippen LogP contribution is 2.42. The fourth-order valence-electron chi connectivity index (χ4n) is 3.66. The van der Waals surface area contributed by atoms with Crippen molar-refractivity contribution in [2.45, 2.75) is 26.1 Å². The summed E-state index contributed by atoms with van der Waals surface area (Å²) in [5.74, 6) is -1.68. The van der Waals surface area contributed by atoms with E-state index in [2.05, 4.69) is 0 Å². The molecule has 0 radical (unpaired) electrons. The Balaban J connectivity index is 1.58. The SMILES string of the molecule is COC(=O)C1=CO[C@@H](O)[C@@H]2C(COC(=O)[C@@H](C)Cc3ccccc3)=CC[C@H]12. The molecule has 27 heavy (non-hydrogen) atoms. The number of carbonyl (C=O) groups is 2. The smallest absolute Gasteiger partial charge is 0.337 e. The first-order valence-corrected chi connectivity index (χ1v) is 9.02. The second-order valence-electron chi connectivity index (χ2n) is 6.94. The van der Waals surface area contributed by atoms with Crippen LogP contribution in [0.15, 0.2) is 53.8 Å². The number of aliphatic hydroxyl groups excluding tert-OH is 1. The summed E-state index contributed by atoms with van der Waals surface area (Å²) in [6.07, 6.45) is 3.27. The van der Waals surface area contributed by atoms with Crippen molar-refractivity contribution in [3.63, 3.8) is 0 Å². The maximum atomic E-state index is 12.3. The number of fused-ring (bicyclic) bond motifs is 1. The van der Waals surface area contributed by atoms with Crippen LogP contribution < -0.4 is 0 Å². The second-order valence-corrected chi connectivity index (χ2v) is 6.94. The summed E-state index contributed by atoms with van der Waals surface area (Å²) in [5.41, 5.74) is 2.23. The van der Waals surface area contributed by atoms with Gasteiger partial charge < -0.3 is 19.3 Å². The molecule has 3 rings (SSSR count). The zero-order chi connectivity index (χ0) is 19.4. The highest BCUT2D eigenvalue weighted by atomic mass is 16.6. The molecule has 0 saturated heterocycles. The fraction of sp³-hybridized carbons (Fsp3) is 0.429. The van der Waals surface area contributed by atoms with E-state index in [1.807, 2.05) is 43.3 Å². The Labute approximate surface area is 158 Å². The summed E-state index contributed by atoms with van der Waals surface area (Å²) >= 11 is 0. The highest BCUT2D eigenvalue weighted by Gasteiger charge is 2.43. The minimum atomic E-state index is -1.07. The second kappa shape index (κ2) is 8.39. The Hall–Kier alpha value is -2.60. The predicted octanol–water partition coefficient (Wildman–Crippen LogP) is 2.38. The summed E-state index contributed by atoms with van der Waals surface area (Å²) in [4.78, 5) is 24.2. The predicted molar refractivity (Wildman–Crippen MR) is 97.1 cm³/mol. The van der Waals surface area contributed by atoms with Crippen molar-refractivity contribution < 1.29 is 28.9 Å². The van der Waals surface area contributed by atoms with Crippen LogP contribution in [0.25, 0.3) is 0 Å². The van der Waals surface area contributed by atoms with Gasteiger partial charge in [0.1, 0.15) is 6.61 Å². The van der Waals surface area contributed by atoms with Crippen molar-refractivity contribution in [3.05, 3.63) is 59.4 Å². The third-order valence-corrected chi connectivity index (χ3v) is 5.13. The molecule has 0 unspecified atom stereocenters. The maximum absolute atomic E-state index is 12.3. The number of allylic oxidation sites excluding steroid dienone is 1. The minimum absolute atomic E-state index is 0.0774. The van der Waals surface area contributed by atoms with Gasteiger partial charge in [-0.25, -0.2) is 4.79 Å². The molecule has 1 aliphatic heterocycles. The number of benzene rings is 1. The van der Waals surface area contributed by atoms with Gasteiger partial charge in [-0.15, -0.1) is 0 Å². The zero-order valence-corrected chi connectivity index (χ0v) is 15.5. The molecule has 0 spiro atoms. The quantitative estimate of drug-likeness (QED) is 0.610. The minimum Gasteiger partial charge on any atom is -0.472 e. The topological polar surface area (TPSA) is 82.1 Å². The van der Waals surface area contributed by atoms with E-state index in [-0.39, 0.29) is 24.4 Å². The van der Waals surface area contributed by atoms with E-state index in [4.69, 9.17) is 14.2 Å². The van der Waals surface area contributed by atoms with Gasteiger partial charge in [0.25, 0.3) is 0 Å². The van der Waals surface area contributed by atoms with E-state index >= 15 is 0 Å². The molecule has 0 bridgehead atoms. The number of rotatable bonds is 6. The van der Waals surface area contributed by atoms with Gasteiger partial charge in [0, 0.05) is 5.92 Å². The van der Waals surface area contributed by atoms with Crippen molar-refractivity contribution in [2.75, 3.05) is 13.7 Å². The van der Waals surface area contributed by atoms with Crippen LogP contribution >= 0.6 is 0 Å². The van der Waals surface area contributed by atoms with Crippen LogP contribution in [0, 0.1) is 17.8 Å². The Morgan fingerprint density at radius 3 is 2.74 bits per heavy atom. The lowest BCUT2D eigenvalue weighted by Gasteiger charge is -2.32. The number of carbonyl (C=O) groups excluding carboxylic acids is 2. The molecule has 1 N–H and O–H groups in total. The van der Waals surface area contributed by atoms with Crippen molar-refractivity contribution >= 4 is 11.9 Å². The molecule has 0 saturated carbocycles. The lowest BCUT2D eigenvalue weighted by atomic mass is 9.83. The molecule has 0 amide bonds. The molecule has 2 aliphatic rings.